The van der Waals surface area contributed by atoms with Crippen molar-refractivity contribution >= 4 is 22.7 Å². The number of non-ortho nitro benzene ring substituents is 1. The highest BCUT2D eigenvalue weighted by Crippen LogP contribution is 2.38. The molecule has 0 aromatic heterocycles. The van der Waals surface area contributed by atoms with Crippen molar-refractivity contribution in [3.8, 4) is 11.5 Å². The zero-order valence-corrected chi connectivity index (χ0v) is 14.3. The molecule has 0 saturated carbocycles. The van der Waals surface area contributed by atoms with Gasteiger partial charge in [0, 0.05) is 36.5 Å². The fraction of sp³-hybridized carbons (Fsp3) is 0.294. The van der Waals surface area contributed by atoms with E-state index in [2.05, 4.69) is 11.8 Å². The van der Waals surface area contributed by atoms with Crippen LogP contribution in [0.4, 0.5) is 22.7 Å². The van der Waals surface area contributed by atoms with Crippen molar-refractivity contribution in [2.24, 2.45) is 0 Å². The minimum atomic E-state index is -0.459. The molecular formula is C17H22N4O4. The lowest BCUT2D eigenvalue weighted by atomic mass is 10.2. The highest BCUT2D eigenvalue weighted by atomic mass is 16.6. The number of fused-ring (bicyclic) bond motifs is 1. The number of likely N-dealkylation sites (N-methyl/N-ethyl adjacent to an activating group) is 1. The number of methoxy groups -OCH3 is 1. The molecule has 0 atom stereocenters. The number of rotatable bonds is 3. The maximum Gasteiger partial charge on any atom is 0.269 e. The third kappa shape index (κ3) is 4.43. The molecule has 0 bridgehead atoms. The number of hydrogen-bond donors (Lipinski definition) is 2. The number of nitrogens with zero attached hydrogens (tertiary/aromatic N) is 2. The van der Waals surface area contributed by atoms with Gasteiger partial charge in [0.1, 0.15) is 18.1 Å². The summed E-state index contributed by atoms with van der Waals surface area (Å²) < 4.78 is 10.8. The number of ether oxygens (including phenoxy) is 2. The third-order valence-electron chi connectivity index (χ3n) is 3.76. The van der Waals surface area contributed by atoms with Crippen LogP contribution in [0.25, 0.3) is 0 Å². The van der Waals surface area contributed by atoms with E-state index in [1.807, 2.05) is 12.1 Å². The van der Waals surface area contributed by atoms with Gasteiger partial charge in [0.15, 0.2) is 0 Å². The second-order valence-corrected chi connectivity index (χ2v) is 5.34. The summed E-state index contributed by atoms with van der Waals surface area (Å²) in [5.74, 6) is 1.55. The Hall–Kier alpha value is -3.16. The van der Waals surface area contributed by atoms with Crippen LogP contribution in [0.1, 0.15) is 6.92 Å². The average molecular weight is 346 g/mol. The van der Waals surface area contributed by atoms with E-state index in [0.29, 0.717) is 23.7 Å². The Morgan fingerprint density at radius 2 is 1.96 bits per heavy atom. The molecular weight excluding hydrogens is 324 g/mol. The van der Waals surface area contributed by atoms with E-state index in [4.69, 9.17) is 20.9 Å². The standard InChI is InChI=1S/C11H16N2O2.C6H6N2O2/c1-3-13-4-5-15-11-6-8(12)10(14-2)7-9(11)13;7-5-1-3-6(4-2-5)8(9)10/h6-7H,3-5,12H2,1-2H3;1-4H,7H2. The van der Waals surface area contributed by atoms with Crippen molar-refractivity contribution in [1.29, 1.82) is 0 Å². The number of nitro benzene ring substituents is 1. The summed E-state index contributed by atoms with van der Waals surface area (Å²) in [6.45, 7) is 4.71. The SMILES string of the molecule is CCN1CCOc2cc(N)c(OC)cc21.Nc1ccc([N+](=O)[O-])cc1. The van der Waals surface area contributed by atoms with Crippen LogP contribution in [0, 0.1) is 10.1 Å². The molecule has 0 radical (unpaired) electrons. The first-order chi connectivity index (χ1) is 12.0. The van der Waals surface area contributed by atoms with Gasteiger partial charge in [0.05, 0.1) is 30.0 Å². The molecule has 0 saturated heterocycles. The lowest BCUT2D eigenvalue weighted by Gasteiger charge is -2.30. The first kappa shape index (κ1) is 18.2. The number of hydrogen-bond acceptors (Lipinski definition) is 7. The second kappa shape index (κ2) is 8.09. The van der Waals surface area contributed by atoms with Crippen molar-refractivity contribution in [3.63, 3.8) is 0 Å². The molecule has 0 fully saturated rings. The minimum Gasteiger partial charge on any atom is -0.495 e. The lowest BCUT2D eigenvalue weighted by Crippen LogP contribution is -2.32. The third-order valence-corrected chi connectivity index (χ3v) is 3.76. The zero-order valence-electron chi connectivity index (χ0n) is 14.3. The van der Waals surface area contributed by atoms with E-state index in [9.17, 15) is 10.1 Å². The van der Waals surface area contributed by atoms with Crippen LogP contribution < -0.4 is 25.8 Å². The largest absolute Gasteiger partial charge is 0.495 e. The van der Waals surface area contributed by atoms with Gasteiger partial charge < -0.3 is 25.8 Å². The van der Waals surface area contributed by atoms with Crippen molar-refractivity contribution in [2.75, 3.05) is 43.2 Å². The van der Waals surface area contributed by atoms with Crippen molar-refractivity contribution in [3.05, 3.63) is 46.5 Å². The second-order valence-electron chi connectivity index (χ2n) is 5.34. The number of anilines is 3. The summed E-state index contributed by atoms with van der Waals surface area (Å²) in [6, 6.07) is 9.50. The summed E-state index contributed by atoms with van der Waals surface area (Å²) in [5, 5.41) is 10.1. The molecule has 8 heteroatoms. The average Bonchev–Trinajstić information content (AvgIpc) is 2.61. The van der Waals surface area contributed by atoms with Crippen LogP contribution in [-0.2, 0) is 0 Å². The maximum atomic E-state index is 10.1. The fourth-order valence-electron chi connectivity index (χ4n) is 2.42. The van der Waals surface area contributed by atoms with Crippen LogP contribution in [0.3, 0.4) is 0 Å². The molecule has 134 valence electrons. The monoisotopic (exact) mass is 346 g/mol. The molecule has 0 amide bonds. The van der Waals surface area contributed by atoms with Crippen molar-refractivity contribution in [1.82, 2.24) is 0 Å². The van der Waals surface area contributed by atoms with Gasteiger partial charge in [-0.1, -0.05) is 0 Å². The highest BCUT2D eigenvalue weighted by Gasteiger charge is 2.18. The topological polar surface area (TPSA) is 117 Å². The van der Waals surface area contributed by atoms with Crippen LogP contribution >= 0.6 is 0 Å². The summed E-state index contributed by atoms with van der Waals surface area (Å²) >= 11 is 0. The number of nitrogens with two attached hydrogens (primary N) is 2. The van der Waals surface area contributed by atoms with Crippen molar-refractivity contribution < 1.29 is 14.4 Å². The number of benzene rings is 2. The molecule has 2 aromatic rings. The zero-order chi connectivity index (χ0) is 18.4. The molecule has 8 nitrogen and oxygen atoms in total. The molecule has 0 unspecified atom stereocenters. The Labute approximate surface area is 146 Å². The minimum absolute atomic E-state index is 0.0641. The van der Waals surface area contributed by atoms with Gasteiger partial charge in [-0.2, -0.15) is 0 Å². The molecule has 25 heavy (non-hydrogen) atoms. The molecule has 3 rings (SSSR count). The normalized spacial score (nSPS) is 12.3. The highest BCUT2D eigenvalue weighted by molar-refractivity contribution is 5.71. The van der Waals surface area contributed by atoms with Gasteiger partial charge in [0.2, 0.25) is 0 Å². The van der Waals surface area contributed by atoms with E-state index in [-0.39, 0.29) is 5.69 Å². The van der Waals surface area contributed by atoms with Crippen molar-refractivity contribution in [2.45, 2.75) is 6.92 Å². The van der Waals surface area contributed by atoms with E-state index < -0.39 is 4.92 Å². The Balaban J connectivity index is 0.000000196. The molecule has 0 spiro atoms. The number of nitrogen functional groups attached to an aromatic ring is 2. The Morgan fingerprint density at radius 3 is 2.52 bits per heavy atom. The molecule has 1 heterocycles. The number of nitro groups is 1. The van der Waals surface area contributed by atoms with Crippen LogP contribution in [0.2, 0.25) is 0 Å². The van der Waals surface area contributed by atoms with E-state index in [1.54, 1.807) is 7.11 Å². The molecule has 1 aliphatic rings. The van der Waals surface area contributed by atoms with E-state index in [0.717, 1.165) is 24.5 Å². The summed E-state index contributed by atoms with van der Waals surface area (Å²) in [7, 11) is 1.62. The van der Waals surface area contributed by atoms with Gasteiger partial charge in [-0.05, 0) is 19.1 Å². The smallest absolute Gasteiger partial charge is 0.269 e. The van der Waals surface area contributed by atoms with E-state index in [1.165, 1.54) is 24.3 Å². The Morgan fingerprint density at radius 1 is 1.28 bits per heavy atom. The Bertz CT molecular complexity index is 734. The van der Waals surface area contributed by atoms with Crippen LogP contribution in [0.15, 0.2) is 36.4 Å². The first-order valence-corrected chi connectivity index (χ1v) is 7.81. The molecule has 4 N–H and O–H groups in total. The van der Waals surface area contributed by atoms with Gasteiger partial charge >= 0.3 is 0 Å². The fourth-order valence-corrected chi connectivity index (χ4v) is 2.42. The summed E-state index contributed by atoms with van der Waals surface area (Å²) in [5.41, 5.74) is 13.4. The maximum absolute atomic E-state index is 10.1. The van der Waals surface area contributed by atoms with Gasteiger partial charge in [-0.3, -0.25) is 10.1 Å². The van der Waals surface area contributed by atoms with Crippen LogP contribution in [-0.4, -0.2) is 31.7 Å². The summed E-state index contributed by atoms with van der Waals surface area (Å²) in [4.78, 5) is 11.9. The summed E-state index contributed by atoms with van der Waals surface area (Å²) in [6.07, 6.45) is 0. The van der Waals surface area contributed by atoms with E-state index >= 15 is 0 Å². The van der Waals surface area contributed by atoms with Gasteiger partial charge in [-0.25, -0.2) is 0 Å². The quantitative estimate of drug-likeness (QED) is 0.498. The van der Waals surface area contributed by atoms with Crippen LogP contribution in [0.5, 0.6) is 11.5 Å². The Kier molecular flexibility index (Phi) is 5.89. The van der Waals surface area contributed by atoms with Gasteiger partial charge in [0.25, 0.3) is 5.69 Å². The molecule has 1 aliphatic heterocycles. The molecule has 0 aliphatic carbocycles. The molecule has 2 aromatic carbocycles. The predicted molar refractivity (Wildman–Crippen MR) is 98.3 cm³/mol. The first-order valence-electron chi connectivity index (χ1n) is 7.81. The van der Waals surface area contributed by atoms with Gasteiger partial charge in [-0.15, -0.1) is 0 Å². The lowest BCUT2D eigenvalue weighted by molar-refractivity contribution is -0.384. The predicted octanol–water partition coefficient (Wildman–Crippen LogP) is 2.67.